The van der Waals surface area contributed by atoms with Crippen LogP contribution < -0.4 is 15.4 Å². The number of anilines is 1. The molecule has 0 aromatic carbocycles. The molecule has 7 nitrogen and oxygen atoms in total. The Morgan fingerprint density at radius 2 is 1.83 bits per heavy atom. The summed E-state index contributed by atoms with van der Waals surface area (Å²) < 4.78 is 66.4. The normalized spacial score (nSPS) is 11.7. The number of hydrogen-bond donors (Lipinski definition) is 2. The number of halogens is 5. The molecule has 12 heteroatoms. The minimum atomic E-state index is -5.72. The zero-order valence-electron chi connectivity index (χ0n) is 15.8. The first-order valence-corrected chi connectivity index (χ1v) is 8.44. The summed E-state index contributed by atoms with van der Waals surface area (Å²) in [4.78, 5) is 31.1. The smallest absolute Gasteiger partial charge is 0.456 e. The van der Waals surface area contributed by atoms with Crippen LogP contribution in [-0.4, -0.2) is 40.5 Å². The predicted molar refractivity (Wildman–Crippen MR) is 95.2 cm³/mol. The molecule has 0 aliphatic carbocycles. The van der Waals surface area contributed by atoms with Crippen LogP contribution in [0.1, 0.15) is 28.5 Å². The van der Waals surface area contributed by atoms with Crippen molar-refractivity contribution in [3.05, 3.63) is 47.3 Å². The van der Waals surface area contributed by atoms with Gasteiger partial charge in [-0.1, -0.05) is 6.07 Å². The number of alkyl halides is 5. The number of rotatable bonds is 7. The quantitative estimate of drug-likeness (QED) is 0.656. The fourth-order valence-corrected chi connectivity index (χ4v) is 2.18. The fourth-order valence-electron chi connectivity index (χ4n) is 2.18. The van der Waals surface area contributed by atoms with Gasteiger partial charge in [-0.05, 0) is 24.6 Å². The summed E-state index contributed by atoms with van der Waals surface area (Å²) >= 11 is 0. The molecule has 2 aromatic heterocycles. The number of amides is 2. The molecule has 162 valence electrons. The third kappa shape index (κ3) is 6.36. The Morgan fingerprint density at radius 1 is 1.13 bits per heavy atom. The van der Waals surface area contributed by atoms with Gasteiger partial charge in [0.2, 0.25) is 11.8 Å². The summed E-state index contributed by atoms with van der Waals surface area (Å²) in [6, 6.07) is 5.37. The van der Waals surface area contributed by atoms with E-state index in [1.807, 2.05) is 0 Å². The van der Waals surface area contributed by atoms with E-state index in [0.29, 0.717) is 11.3 Å². The topological polar surface area (TPSA) is 93.2 Å². The molecular weight excluding hydrogens is 415 g/mol. The Hall–Kier alpha value is -3.31. The van der Waals surface area contributed by atoms with Gasteiger partial charge in [-0.25, -0.2) is 9.97 Å². The van der Waals surface area contributed by atoms with Crippen LogP contribution >= 0.6 is 0 Å². The lowest BCUT2D eigenvalue weighted by Gasteiger charge is -2.19. The molecule has 2 heterocycles. The number of nitrogens with zero attached hydrogens (tertiary/aromatic N) is 2. The van der Waals surface area contributed by atoms with Gasteiger partial charge in [0.1, 0.15) is 5.82 Å². The van der Waals surface area contributed by atoms with Crippen molar-refractivity contribution in [1.29, 1.82) is 0 Å². The molecule has 0 atom stereocenters. The summed E-state index contributed by atoms with van der Waals surface area (Å²) in [5.41, 5.74) is 1.20. The SMILES string of the molecule is CC(=O)Nc1cc(C(=O)NCc2ccc(OCC(F)(F)C(F)(F)F)nc2)cc(C)n1. The Labute approximate surface area is 167 Å². The van der Waals surface area contributed by atoms with Gasteiger partial charge in [0, 0.05) is 37.0 Å². The number of aromatic nitrogens is 2. The molecule has 2 N–H and O–H groups in total. The summed E-state index contributed by atoms with van der Waals surface area (Å²) in [5.74, 6) is -6.02. The van der Waals surface area contributed by atoms with E-state index < -0.39 is 30.5 Å². The molecule has 0 unspecified atom stereocenters. The number of nitrogens with one attached hydrogen (secondary N) is 2. The molecule has 0 radical (unpaired) electrons. The predicted octanol–water partition coefficient (Wildman–Crippen LogP) is 3.25. The first kappa shape index (κ1) is 23.0. The highest BCUT2D eigenvalue weighted by Crippen LogP contribution is 2.35. The average molecular weight is 432 g/mol. The molecular formula is C18H17F5N4O3. The number of carbonyl (C=O) groups excluding carboxylic acids is 2. The van der Waals surface area contributed by atoms with Gasteiger partial charge in [-0.15, -0.1) is 0 Å². The first-order chi connectivity index (χ1) is 13.9. The Kier molecular flexibility index (Phi) is 6.90. The number of hydrogen-bond acceptors (Lipinski definition) is 5. The van der Waals surface area contributed by atoms with E-state index in [1.165, 1.54) is 31.3 Å². The van der Waals surface area contributed by atoms with Crippen molar-refractivity contribution in [3.8, 4) is 5.88 Å². The highest BCUT2D eigenvalue weighted by atomic mass is 19.4. The fraction of sp³-hybridized carbons (Fsp3) is 0.333. The van der Waals surface area contributed by atoms with Gasteiger partial charge in [-0.2, -0.15) is 22.0 Å². The highest BCUT2D eigenvalue weighted by Gasteiger charge is 2.58. The minimum absolute atomic E-state index is 0.00165. The number of aryl methyl sites for hydroxylation is 1. The van der Waals surface area contributed by atoms with Crippen LogP contribution in [0.25, 0.3) is 0 Å². The van der Waals surface area contributed by atoms with Crippen molar-refractivity contribution in [2.75, 3.05) is 11.9 Å². The third-order valence-electron chi connectivity index (χ3n) is 3.59. The van der Waals surface area contributed by atoms with Gasteiger partial charge in [0.05, 0.1) is 0 Å². The van der Waals surface area contributed by atoms with Crippen molar-refractivity contribution >= 4 is 17.6 Å². The van der Waals surface area contributed by atoms with Crippen LogP contribution in [0.3, 0.4) is 0 Å². The number of carbonyl (C=O) groups is 2. The zero-order valence-corrected chi connectivity index (χ0v) is 15.8. The zero-order chi connectivity index (χ0) is 22.5. The molecule has 0 saturated carbocycles. The van der Waals surface area contributed by atoms with Crippen LogP contribution in [0.2, 0.25) is 0 Å². The molecule has 0 spiro atoms. The van der Waals surface area contributed by atoms with E-state index in [0.717, 1.165) is 6.07 Å². The van der Waals surface area contributed by atoms with Gasteiger partial charge in [0.15, 0.2) is 6.61 Å². The maximum absolute atomic E-state index is 12.8. The van der Waals surface area contributed by atoms with Crippen molar-refractivity contribution in [1.82, 2.24) is 15.3 Å². The number of ether oxygens (including phenoxy) is 1. The van der Waals surface area contributed by atoms with Crippen LogP contribution in [0.4, 0.5) is 27.8 Å². The molecule has 2 amide bonds. The second-order valence-corrected chi connectivity index (χ2v) is 6.24. The van der Waals surface area contributed by atoms with Crippen molar-refractivity contribution in [2.24, 2.45) is 0 Å². The second-order valence-electron chi connectivity index (χ2n) is 6.24. The lowest BCUT2D eigenvalue weighted by molar-refractivity contribution is -0.290. The van der Waals surface area contributed by atoms with Crippen LogP contribution in [-0.2, 0) is 11.3 Å². The molecule has 0 aliphatic rings. The van der Waals surface area contributed by atoms with Gasteiger partial charge >= 0.3 is 12.1 Å². The minimum Gasteiger partial charge on any atom is -0.471 e. The molecule has 2 rings (SSSR count). The van der Waals surface area contributed by atoms with E-state index in [2.05, 4.69) is 25.3 Å². The van der Waals surface area contributed by atoms with Gasteiger partial charge in [-0.3, -0.25) is 9.59 Å². The monoisotopic (exact) mass is 432 g/mol. The molecule has 30 heavy (non-hydrogen) atoms. The summed E-state index contributed by atoms with van der Waals surface area (Å²) in [7, 11) is 0. The van der Waals surface area contributed by atoms with E-state index in [1.54, 1.807) is 6.92 Å². The van der Waals surface area contributed by atoms with Crippen LogP contribution in [0.15, 0.2) is 30.5 Å². The molecule has 0 saturated heterocycles. The summed E-state index contributed by atoms with van der Waals surface area (Å²) in [6.45, 7) is 1.06. The van der Waals surface area contributed by atoms with E-state index in [9.17, 15) is 31.5 Å². The van der Waals surface area contributed by atoms with Crippen LogP contribution in [0, 0.1) is 6.92 Å². The van der Waals surface area contributed by atoms with Gasteiger partial charge in [0.25, 0.3) is 5.91 Å². The van der Waals surface area contributed by atoms with Crippen molar-refractivity contribution in [2.45, 2.75) is 32.5 Å². The summed E-state index contributed by atoms with van der Waals surface area (Å²) in [5, 5.41) is 5.06. The molecule has 0 aliphatic heterocycles. The Bertz CT molecular complexity index is 917. The van der Waals surface area contributed by atoms with Crippen molar-refractivity contribution in [3.63, 3.8) is 0 Å². The first-order valence-electron chi connectivity index (χ1n) is 8.44. The standard InChI is InChI=1S/C18H17F5N4O3/c1-10-5-13(6-14(26-10)27-11(2)28)16(29)25-8-12-3-4-15(24-7-12)30-9-17(19,20)18(21,22)23/h3-7H,8-9H2,1-2H3,(H,25,29)(H,26,27,28). The highest BCUT2D eigenvalue weighted by molar-refractivity contribution is 5.96. The van der Waals surface area contributed by atoms with Gasteiger partial charge < -0.3 is 15.4 Å². The lowest BCUT2D eigenvalue weighted by atomic mass is 10.2. The van der Waals surface area contributed by atoms with E-state index in [-0.39, 0.29) is 23.8 Å². The molecule has 2 aromatic rings. The largest absolute Gasteiger partial charge is 0.471 e. The van der Waals surface area contributed by atoms with E-state index >= 15 is 0 Å². The summed E-state index contributed by atoms with van der Waals surface area (Å²) in [6.07, 6.45) is -4.55. The van der Waals surface area contributed by atoms with E-state index in [4.69, 9.17) is 0 Å². The Balaban J connectivity index is 1.94. The second kappa shape index (κ2) is 9.01. The van der Waals surface area contributed by atoms with Crippen LogP contribution in [0.5, 0.6) is 5.88 Å². The van der Waals surface area contributed by atoms with Crippen molar-refractivity contribution < 1.29 is 36.3 Å². The average Bonchev–Trinajstić information content (AvgIpc) is 2.63. The Morgan fingerprint density at radius 3 is 2.40 bits per heavy atom. The molecule has 0 bridgehead atoms. The lowest BCUT2D eigenvalue weighted by Crippen LogP contribution is -2.41. The maximum Gasteiger partial charge on any atom is 0.456 e. The third-order valence-corrected chi connectivity index (χ3v) is 3.59. The number of pyridine rings is 2. The molecule has 0 fully saturated rings. The maximum atomic E-state index is 12.8.